The van der Waals surface area contributed by atoms with E-state index in [1.807, 2.05) is 19.1 Å². The first kappa shape index (κ1) is 13.0. The number of hydrogen-bond acceptors (Lipinski definition) is 3. The third-order valence-corrected chi connectivity index (χ3v) is 3.27. The zero-order valence-corrected chi connectivity index (χ0v) is 10.8. The summed E-state index contributed by atoms with van der Waals surface area (Å²) in [5.74, 6) is 0.497. The summed E-state index contributed by atoms with van der Waals surface area (Å²) < 4.78 is 5.62. The van der Waals surface area contributed by atoms with Crippen molar-refractivity contribution >= 4 is 11.7 Å². The molecule has 0 aromatic carbocycles. The molecule has 0 unspecified atom stereocenters. The maximum atomic E-state index is 11.7. The molecule has 0 radical (unpaired) electrons. The van der Waals surface area contributed by atoms with Gasteiger partial charge in [0.05, 0.1) is 6.10 Å². The van der Waals surface area contributed by atoms with Crippen LogP contribution in [0.15, 0.2) is 18.3 Å². The Labute approximate surface area is 108 Å². The molecule has 4 heteroatoms. The molecule has 1 amide bonds. The molecule has 1 aliphatic rings. The molecule has 18 heavy (non-hydrogen) atoms. The van der Waals surface area contributed by atoms with E-state index in [4.69, 9.17) is 4.74 Å². The lowest BCUT2D eigenvalue weighted by Crippen LogP contribution is -2.25. The van der Waals surface area contributed by atoms with Gasteiger partial charge in [-0.25, -0.2) is 4.98 Å². The Bertz CT molecular complexity index is 401. The fourth-order valence-electron chi connectivity index (χ4n) is 2.21. The molecule has 1 aromatic heterocycles. The first-order valence-electron chi connectivity index (χ1n) is 6.59. The van der Waals surface area contributed by atoms with Gasteiger partial charge >= 0.3 is 0 Å². The third-order valence-electron chi connectivity index (χ3n) is 3.27. The van der Waals surface area contributed by atoms with Crippen LogP contribution in [-0.4, -0.2) is 23.6 Å². The Kier molecular flexibility index (Phi) is 4.70. The van der Waals surface area contributed by atoms with Crippen molar-refractivity contribution in [2.45, 2.75) is 45.1 Å². The van der Waals surface area contributed by atoms with E-state index in [0.29, 0.717) is 5.82 Å². The Morgan fingerprint density at radius 3 is 2.94 bits per heavy atom. The highest BCUT2D eigenvalue weighted by atomic mass is 16.5. The molecule has 1 heterocycles. The second-order valence-electron chi connectivity index (χ2n) is 4.79. The van der Waals surface area contributed by atoms with E-state index >= 15 is 0 Å². The van der Waals surface area contributed by atoms with Gasteiger partial charge < -0.3 is 10.1 Å². The zero-order chi connectivity index (χ0) is 12.8. The molecule has 1 saturated carbocycles. The molecule has 0 aliphatic heterocycles. The van der Waals surface area contributed by atoms with E-state index < -0.39 is 0 Å². The van der Waals surface area contributed by atoms with Gasteiger partial charge in [-0.05, 0) is 31.4 Å². The lowest BCUT2D eigenvalue weighted by Gasteiger charge is -2.21. The Balaban J connectivity index is 1.76. The van der Waals surface area contributed by atoms with Crippen LogP contribution < -0.4 is 5.32 Å². The van der Waals surface area contributed by atoms with Gasteiger partial charge in [-0.15, -0.1) is 0 Å². The maximum Gasteiger partial charge on any atom is 0.251 e. The summed E-state index contributed by atoms with van der Waals surface area (Å²) in [6, 6.07) is 3.77. The number of hydrogen-bond donors (Lipinski definition) is 1. The second kappa shape index (κ2) is 6.50. The quantitative estimate of drug-likeness (QED) is 0.891. The SMILES string of the molecule is Cc1cccnc1NC(=O)COC1CCCCC1. The van der Waals surface area contributed by atoms with Gasteiger partial charge in [0.15, 0.2) is 0 Å². The highest BCUT2D eigenvalue weighted by Crippen LogP contribution is 2.20. The van der Waals surface area contributed by atoms with Crippen molar-refractivity contribution in [2.24, 2.45) is 0 Å². The number of aromatic nitrogens is 1. The molecular formula is C14H20N2O2. The molecule has 1 fully saturated rings. The van der Waals surface area contributed by atoms with E-state index in [9.17, 15) is 4.79 Å². The fourth-order valence-corrected chi connectivity index (χ4v) is 2.21. The van der Waals surface area contributed by atoms with E-state index in [1.54, 1.807) is 6.20 Å². The molecule has 0 saturated heterocycles. The molecule has 0 atom stereocenters. The average Bonchev–Trinajstić information content (AvgIpc) is 2.40. The van der Waals surface area contributed by atoms with Crippen molar-refractivity contribution in [1.82, 2.24) is 4.98 Å². The predicted molar refractivity (Wildman–Crippen MR) is 70.4 cm³/mol. The molecule has 0 spiro atoms. The second-order valence-corrected chi connectivity index (χ2v) is 4.79. The van der Waals surface area contributed by atoms with Crippen LogP contribution in [0.5, 0.6) is 0 Å². The smallest absolute Gasteiger partial charge is 0.251 e. The number of anilines is 1. The molecule has 0 bridgehead atoms. The predicted octanol–water partition coefficient (Wildman–Crippen LogP) is 2.68. The Morgan fingerprint density at radius 2 is 2.22 bits per heavy atom. The lowest BCUT2D eigenvalue weighted by atomic mass is 9.98. The van der Waals surface area contributed by atoms with Crippen LogP contribution in [0.1, 0.15) is 37.7 Å². The highest BCUT2D eigenvalue weighted by Gasteiger charge is 2.15. The summed E-state index contributed by atoms with van der Waals surface area (Å²) in [6.45, 7) is 2.05. The molecule has 1 aliphatic carbocycles. The van der Waals surface area contributed by atoms with Crippen LogP contribution in [0.2, 0.25) is 0 Å². The minimum atomic E-state index is -0.123. The number of nitrogens with one attached hydrogen (secondary N) is 1. The summed E-state index contributed by atoms with van der Waals surface area (Å²) in [4.78, 5) is 15.9. The monoisotopic (exact) mass is 248 g/mol. The van der Waals surface area contributed by atoms with Crippen LogP contribution in [0.4, 0.5) is 5.82 Å². The number of rotatable bonds is 4. The number of pyridine rings is 1. The number of carbonyl (C=O) groups excluding carboxylic acids is 1. The summed E-state index contributed by atoms with van der Waals surface area (Å²) >= 11 is 0. The molecule has 1 N–H and O–H groups in total. The molecule has 2 rings (SSSR count). The summed E-state index contributed by atoms with van der Waals surface area (Å²) in [5, 5.41) is 2.77. The minimum absolute atomic E-state index is 0.123. The normalized spacial score (nSPS) is 16.5. The standard InChI is InChI=1S/C14H20N2O2/c1-11-6-5-9-15-14(11)16-13(17)10-18-12-7-3-2-4-8-12/h5-6,9,12H,2-4,7-8,10H2,1H3,(H,15,16,17). The van der Waals surface area contributed by atoms with Crippen molar-refractivity contribution in [1.29, 1.82) is 0 Å². The largest absolute Gasteiger partial charge is 0.368 e. The van der Waals surface area contributed by atoms with Crippen molar-refractivity contribution in [3.8, 4) is 0 Å². The van der Waals surface area contributed by atoms with Gasteiger partial charge in [0, 0.05) is 6.20 Å². The first-order valence-corrected chi connectivity index (χ1v) is 6.59. The minimum Gasteiger partial charge on any atom is -0.368 e. The van der Waals surface area contributed by atoms with Gasteiger partial charge in [0.2, 0.25) is 0 Å². The summed E-state index contributed by atoms with van der Waals surface area (Å²) in [5.41, 5.74) is 0.962. The van der Waals surface area contributed by atoms with E-state index in [-0.39, 0.29) is 18.6 Å². The van der Waals surface area contributed by atoms with Crippen LogP contribution >= 0.6 is 0 Å². The van der Waals surface area contributed by atoms with Gasteiger partial charge in [0.1, 0.15) is 12.4 Å². The van der Waals surface area contributed by atoms with Crippen LogP contribution in [0.25, 0.3) is 0 Å². The van der Waals surface area contributed by atoms with Crippen molar-refractivity contribution in [3.05, 3.63) is 23.9 Å². The van der Waals surface area contributed by atoms with Crippen molar-refractivity contribution in [2.75, 3.05) is 11.9 Å². The number of nitrogens with zero attached hydrogens (tertiary/aromatic N) is 1. The number of amides is 1. The summed E-state index contributed by atoms with van der Waals surface area (Å²) in [7, 11) is 0. The Hall–Kier alpha value is -1.42. The maximum absolute atomic E-state index is 11.7. The topological polar surface area (TPSA) is 51.2 Å². The molecule has 1 aromatic rings. The van der Waals surface area contributed by atoms with Gasteiger partial charge in [-0.1, -0.05) is 25.3 Å². The molecular weight excluding hydrogens is 228 g/mol. The third kappa shape index (κ3) is 3.81. The molecule has 4 nitrogen and oxygen atoms in total. The zero-order valence-electron chi connectivity index (χ0n) is 10.8. The van der Waals surface area contributed by atoms with E-state index in [1.165, 1.54) is 19.3 Å². The number of aryl methyl sites for hydroxylation is 1. The van der Waals surface area contributed by atoms with Crippen molar-refractivity contribution < 1.29 is 9.53 Å². The highest BCUT2D eigenvalue weighted by molar-refractivity contribution is 5.91. The fraction of sp³-hybridized carbons (Fsp3) is 0.571. The molecule has 98 valence electrons. The lowest BCUT2D eigenvalue weighted by molar-refractivity contribution is -0.123. The van der Waals surface area contributed by atoms with Crippen molar-refractivity contribution in [3.63, 3.8) is 0 Å². The van der Waals surface area contributed by atoms with E-state index in [2.05, 4.69) is 10.3 Å². The van der Waals surface area contributed by atoms with Gasteiger partial charge in [0.25, 0.3) is 5.91 Å². The average molecular weight is 248 g/mol. The van der Waals surface area contributed by atoms with E-state index in [0.717, 1.165) is 18.4 Å². The van der Waals surface area contributed by atoms with Crippen LogP contribution in [0, 0.1) is 6.92 Å². The number of ether oxygens (including phenoxy) is 1. The van der Waals surface area contributed by atoms with Gasteiger partial charge in [-0.3, -0.25) is 4.79 Å². The number of carbonyl (C=O) groups is 1. The Morgan fingerprint density at radius 1 is 1.44 bits per heavy atom. The van der Waals surface area contributed by atoms with Crippen LogP contribution in [-0.2, 0) is 9.53 Å². The van der Waals surface area contributed by atoms with Gasteiger partial charge in [-0.2, -0.15) is 0 Å². The summed E-state index contributed by atoms with van der Waals surface area (Å²) in [6.07, 6.45) is 7.81. The van der Waals surface area contributed by atoms with Crippen LogP contribution in [0.3, 0.4) is 0 Å². The first-order chi connectivity index (χ1) is 8.75.